The maximum atomic E-state index is 12.5. The third-order valence-corrected chi connectivity index (χ3v) is 5.07. The number of hydrogen-bond acceptors (Lipinski definition) is 3. The fraction of sp³-hybridized carbons (Fsp3) is 0.400. The van der Waals surface area contributed by atoms with Crippen molar-refractivity contribution in [3.8, 4) is 5.75 Å². The molecule has 6 heteroatoms. The van der Waals surface area contributed by atoms with Crippen LogP contribution >= 0.6 is 0 Å². The molecule has 3 N–H and O–H groups in total. The summed E-state index contributed by atoms with van der Waals surface area (Å²) in [5, 5.41) is 3.06. The number of benzene rings is 1. The highest BCUT2D eigenvalue weighted by Crippen LogP contribution is 2.11. The Morgan fingerprint density at radius 3 is 2.58 bits per heavy atom. The van der Waals surface area contributed by atoms with E-state index in [1.165, 1.54) is 4.90 Å². The number of hydrogen-bond donors (Lipinski definition) is 2. The third-order valence-electron chi connectivity index (χ3n) is 5.07. The molecule has 1 aromatic heterocycles. The summed E-state index contributed by atoms with van der Waals surface area (Å²) in [7, 11) is 1.65. The number of anilines is 1. The van der Waals surface area contributed by atoms with E-state index in [0.717, 1.165) is 43.3 Å². The average Bonchev–Trinajstić information content (AvgIpc) is 2.72. The predicted molar refractivity (Wildman–Crippen MR) is 100 cm³/mol. The van der Waals surface area contributed by atoms with Crippen LogP contribution in [0.5, 0.6) is 5.75 Å². The van der Waals surface area contributed by atoms with Crippen LogP contribution in [0.2, 0.25) is 0 Å². The van der Waals surface area contributed by atoms with Gasteiger partial charge in [0, 0.05) is 12.6 Å². The lowest BCUT2D eigenvalue weighted by molar-refractivity contribution is -0.914. The fourth-order valence-electron chi connectivity index (χ4n) is 3.32. The molecule has 1 saturated heterocycles. The molecule has 1 atom stereocenters. The molecule has 1 aromatic carbocycles. The zero-order chi connectivity index (χ0) is 18.4. The summed E-state index contributed by atoms with van der Waals surface area (Å²) in [5.74, 6) is 2.07. The van der Waals surface area contributed by atoms with Crippen LogP contribution in [0.4, 0.5) is 5.82 Å². The maximum absolute atomic E-state index is 12.5. The highest BCUT2D eigenvalue weighted by molar-refractivity contribution is 5.79. The minimum Gasteiger partial charge on any atom is -0.497 e. The van der Waals surface area contributed by atoms with Gasteiger partial charge in [0.25, 0.3) is 11.7 Å². The molecule has 138 valence electrons. The Morgan fingerprint density at radius 2 is 1.96 bits per heavy atom. The number of nitrogens with one attached hydrogen (secondary N) is 3. The van der Waals surface area contributed by atoms with Crippen LogP contribution in [0.25, 0.3) is 0 Å². The minimum absolute atomic E-state index is 0.0462. The zero-order valence-corrected chi connectivity index (χ0v) is 15.5. The molecule has 1 fully saturated rings. The summed E-state index contributed by atoms with van der Waals surface area (Å²) in [6.07, 6.45) is 1.95. The van der Waals surface area contributed by atoms with Crippen molar-refractivity contribution >= 4 is 11.7 Å². The van der Waals surface area contributed by atoms with Crippen molar-refractivity contribution in [3.05, 3.63) is 54.2 Å². The van der Waals surface area contributed by atoms with Gasteiger partial charge < -0.3 is 15.0 Å². The predicted octanol–water partition coefficient (Wildman–Crippen LogP) is -0.0809. The van der Waals surface area contributed by atoms with E-state index in [4.69, 9.17) is 4.74 Å². The van der Waals surface area contributed by atoms with Crippen LogP contribution in [-0.2, 0) is 11.3 Å². The Hall–Kier alpha value is -2.60. The normalized spacial score (nSPS) is 16.2. The van der Waals surface area contributed by atoms with Crippen molar-refractivity contribution in [2.24, 2.45) is 0 Å². The second-order valence-electron chi connectivity index (χ2n) is 6.68. The van der Waals surface area contributed by atoms with Gasteiger partial charge in [-0.2, -0.15) is 0 Å². The molecule has 1 amide bonds. The van der Waals surface area contributed by atoms with Gasteiger partial charge in [-0.3, -0.25) is 9.69 Å². The Labute approximate surface area is 154 Å². The number of aromatic amines is 1. The van der Waals surface area contributed by atoms with E-state index in [1.54, 1.807) is 7.11 Å². The molecule has 1 aliphatic rings. The molecule has 3 rings (SSSR count). The number of ether oxygens (including phenoxy) is 1. The Morgan fingerprint density at radius 1 is 1.23 bits per heavy atom. The smallest absolute Gasteiger partial charge is 0.278 e. The number of methoxy groups -OCH3 is 1. The summed E-state index contributed by atoms with van der Waals surface area (Å²) in [6, 6.07) is 13.9. The molecule has 0 radical (unpaired) electrons. The standard InChI is InChI=1S/C20H26N4O2/c1-16(20(25)22-15-17-6-8-18(26-2)9-7-17)23-11-13-24(14-12-23)19-5-3-4-10-21-19/h3-10,16H,11-15H2,1-2H3,(H,22,25)/p+2/t16-/m1/s1. The molecular weight excluding hydrogens is 328 g/mol. The SMILES string of the molecule is COc1ccc(CNC(=O)[C@@H](C)[NH+]2CCN(c3cccc[nH+]3)CC2)cc1. The fourth-order valence-corrected chi connectivity index (χ4v) is 3.32. The Balaban J connectivity index is 1.46. The van der Waals surface area contributed by atoms with Gasteiger partial charge in [-0.15, -0.1) is 0 Å². The molecule has 2 heterocycles. The second-order valence-corrected chi connectivity index (χ2v) is 6.68. The number of quaternary nitrogens is 1. The van der Waals surface area contributed by atoms with Crippen molar-refractivity contribution < 1.29 is 19.4 Å². The van der Waals surface area contributed by atoms with E-state index >= 15 is 0 Å². The molecule has 1 aliphatic heterocycles. The summed E-state index contributed by atoms with van der Waals surface area (Å²) in [5.41, 5.74) is 1.07. The summed E-state index contributed by atoms with van der Waals surface area (Å²) in [6.45, 7) is 6.38. The first-order valence-electron chi connectivity index (χ1n) is 9.14. The van der Waals surface area contributed by atoms with Crippen molar-refractivity contribution in [2.45, 2.75) is 19.5 Å². The van der Waals surface area contributed by atoms with E-state index in [9.17, 15) is 4.79 Å². The number of piperazine rings is 1. The number of H-pyrrole nitrogens is 1. The molecule has 0 bridgehead atoms. The molecular formula is C20H28N4O2+2. The van der Waals surface area contributed by atoms with E-state index in [-0.39, 0.29) is 11.9 Å². The van der Waals surface area contributed by atoms with Crippen LogP contribution in [0, 0.1) is 0 Å². The summed E-state index contributed by atoms with van der Waals surface area (Å²) in [4.78, 5) is 19.5. The van der Waals surface area contributed by atoms with Gasteiger partial charge in [0.15, 0.2) is 6.04 Å². The lowest BCUT2D eigenvalue weighted by Gasteiger charge is -2.31. The minimum atomic E-state index is -0.0462. The monoisotopic (exact) mass is 356 g/mol. The Bertz CT molecular complexity index is 698. The highest BCUT2D eigenvalue weighted by Gasteiger charge is 2.32. The Kier molecular flexibility index (Phi) is 6.07. The largest absolute Gasteiger partial charge is 0.497 e. The maximum Gasteiger partial charge on any atom is 0.278 e. The lowest BCUT2D eigenvalue weighted by atomic mass is 10.2. The van der Waals surface area contributed by atoms with E-state index in [1.807, 2.05) is 49.5 Å². The third kappa shape index (κ3) is 4.52. The quantitative estimate of drug-likeness (QED) is 0.761. The molecule has 0 unspecified atom stereocenters. The first-order chi connectivity index (χ1) is 12.7. The molecule has 26 heavy (non-hydrogen) atoms. The van der Waals surface area contributed by atoms with Crippen molar-refractivity contribution in [2.75, 3.05) is 38.2 Å². The van der Waals surface area contributed by atoms with Crippen molar-refractivity contribution in [1.29, 1.82) is 0 Å². The molecule has 0 saturated carbocycles. The second kappa shape index (κ2) is 8.67. The topological polar surface area (TPSA) is 60.1 Å². The summed E-state index contributed by atoms with van der Waals surface area (Å²) >= 11 is 0. The molecule has 0 spiro atoms. The van der Waals surface area contributed by atoms with Crippen LogP contribution < -0.4 is 24.8 Å². The number of rotatable bonds is 6. The van der Waals surface area contributed by atoms with Gasteiger partial charge >= 0.3 is 0 Å². The number of nitrogens with zero attached hydrogens (tertiary/aromatic N) is 1. The van der Waals surface area contributed by atoms with Crippen LogP contribution in [0.1, 0.15) is 12.5 Å². The van der Waals surface area contributed by atoms with Gasteiger partial charge in [-0.25, -0.2) is 4.98 Å². The first-order valence-corrected chi connectivity index (χ1v) is 9.14. The number of pyridine rings is 1. The molecule has 2 aromatic rings. The van der Waals surface area contributed by atoms with E-state index < -0.39 is 0 Å². The van der Waals surface area contributed by atoms with E-state index in [0.29, 0.717) is 6.54 Å². The molecule has 6 nitrogen and oxygen atoms in total. The number of aromatic nitrogens is 1. The lowest BCUT2D eigenvalue weighted by Crippen LogP contribution is -3.19. The van der Waals surface area contributed by atoms with Crippen molar-refractivity contribution in [1.82, 2.24) is 5.32 Å². The van der Waals surface area contributed by atoms with Gasteiger partial charge in [-0.1, -0.05) is 18.2 Å². The molecule has 0 aliphatic carbocycles. The highest BCUT2D eigenvalue weighted by atomic mass is 16.5. The number of amides is 1. The van der Waals surface area contributed by atoms with Crippen molar-refractivity contribution in [3.63, 3.8) is 0 Å². The van der Waals surface area contributed by atoms with E-state index in [2.05, 4.69) is 21.3 Å². The average molecular weight is 356 g/mol. The van der Waals surface area contributed by atoms with Gasteiger partial charge in [-0.05, 0) is 30.7 Å². The van der Waals surface area contributed by atoms with Gasteiger partial charge in [0.05, 0.1) is 13.3 Å². The van der Waals surface area contributed by atoms with Gasteiger partial charge in [0.1, 0.15) is 31.9 Å². The number of carbonyl (C=O) groups is 1. The van der Waals surface area contributed by atoms with Crippen LogP contribution in [0.15, 0.2) is 48.7 Å². The zero-order valence-electron chi connectivity index (χ0n) is 15.5. The summed E-state index contributed by atoms with van der Waals surface area (Å²) < 4.78 is 5.16. The number of carbonyl (C=O) groups excluding carboxylic acids is 1. The van der Waals surface area contributed by atoms with Crippen LogP contribution in [0.3, 0.4) is 0 Å². The van der Waals surface area contributed by atoms with Crippen LogP contribution in [-0.4, -0.2) is 45.2 Å². The van der Waals surface area contributed by atoms with Gasteiger partial charge in [0.2, 0.25) is 0 Å². The first kappa shape index (κ1) is 18.2.